The summed E-state index contributed by atoms with van der Waals surface area (Å²) in [7, 11) is 0. The minimum Gasteiger partial charge on any atom is -0.0616 e. The zero-order chi connectivity index (χ0) is 13.4. The van der Waals surface area contributed by atoms with Crippen LogP contribution in [0.3, 0.4) is 0 Å². The van der Waals surface area contributed by atoms with Gasteiger partial charge in [-0.05, 0) is 44.8 Å². The highest BCUT2D eigenvalue weighted by atomic mass is 14.1. The van der Waals surface area contributed by atoms with Crippen molar-refractivity contribution < 1.29 is 0 Å². The standard InChI is InChI=1S/C20H13/c1-2-8-17-14-18(13-12-15(17)6-1)20-11-5-9-16-7-3-4-10-19(16)20/h1-10,12-14H. The minimum absolute atomic E-state index is 1.17. The van der Waals surface area contributed by atoms with Crippen molar-refractivity contribution in [2.24, 2.45) is 0 Å². The molecule has 0 aliphatic heterocycles. The van der Waals surface area contributed by atoms with E-state index >= 15 is 0 Å². The Balaban J connectivity index is 2.01. The molecule has 0 N–H and O–H groups in total. The maximum Gasteiger partial charge on any atom is -0.00264 e. The quantitative estimate of drug-likeness (QED) is 0.422. The van der Waals surface area contributed by atoms with Crippen LogP contribution in [-0.4, -0.2) is 0 Å². The van der Waals surface area contributed by atoms with Crippen molar-refractivity contribution in [1.29, 1.82) is 0 Å². The van der Waals surface area contributed by atoms with E-state index in [0.717, 1.165) is 0 Å². The zero-order valence-electron chi connectivity index (χ0n) is 11.0. The summed E-state index contributed by atoms with van der Waals surface area (Å²) in [4.78, 5) is 0. The molecule has 0 spiro atoms. The van der Waals surface area contributed by atoms with Gasteiger partial charge in [0.15, 0.2) is 0 Å². The highest BCUT2D eigenvalue weighted by Crippen LogP contribution is 2.30. The Hall–Kier alpha value is -2.60. The predicted octanol–water partition coefficient (Wildman–Crippen LogP) is 5.46. The molecule has 0 aliphatic rings. The van der Waals surface area contributed by atoms with Gasteiger partial charge < -0.3 is 0 Å². The van der Waals surface area contributed by atoms with Crippen molar-refractivity contribution in [3.63, 3.8) is 0 Å². The molecule has 4 aromatic carbocycles. The fourth-order valence-corrected chi connectivity index (χ4v) is 2.75. The summed E-state index contributed by atoms with van der Waals surface area (Å²) >= 11 is 0. The molecule has 0 saturated heterocycles. The lowest BCUT2D eigenvalue weighted by Gasteiger charge is -2.07. The van der Waals surface area contributed by atoms with Gasteiger partial charge >= 0.3 is 0 Å². The van der Waals surface area contributed by atoms with Crippen molar-refractivity contribution in [2.45, 2.75) is 0 Å². The summed E-state index contributed by atoms with van der Waals surface area (Å²) in [5.74, 6) is 0. The molecule has 93 valence electrons. The largest absolute Gasteiger partial charge is 0.0616 e. The molecule has 20 heavy (non-hydrogen) atoms. The smallest absolute Gasteiger partial charge is 0.00264 e. The van der Waals surface area contributed by atoms with Crippen molar-refractivity contribution in [2.75, 3.05) is 0 Å². The molecule has 0 fully saturated rings. The Morgan fingerprint density at radius 3 is 2.25 bits per heavy atom. The van der Waals surface area contributed by atoms with E-state index in [1.807, 2.05) is 6.07 Å². The van der Waals surface area contributed by atoms with Gasteiger partial charge in [-0.15, -0.1) is 0 Å². The Morgan fingerprint density at radius 1 is 0.600 bits per heavy atom. The maximum absolute atomic E-state index is 3.39. The van der Waals surface area contributed by atoms with E-state index in [2.05, 4.69) is 78.9 Å². The van der Waals surface area contributed by atoms with E-state index in [-0.39, 0.29) is 0 Å². The molecular weight excluding hydrogens is 240 g/mol. The van der Waals surface area contributed by atoms with Gasteiger partial charge in [0.1, 0.15) is 0 Å². The summed E-state index contributed by atoms with van der Waals surface area (Å²) in [5, 5.41) is 5.06. The van der Waals surface area contributed by atoms with Gasteiger partial charge in [-0.3, -0.25) is 0 Å². The van der Waals surface area contributed by atoms with Crippen LogP contribution in [0, 0.1) is 6.07 Å². The second-order valence-corrected chi connectivity index (χ2v) is 5.00. The first-order valence-corrected chi connectivity index (χ1v) is 6.80. The summed E-state index contributed by atoms with van der Waals surface area (Å²) in [6.07, 6.45) is 0. The van der Waals surface area contributed by atoms with Crippen LogP contribution in [0.2, 0.25) is 0 Å². The fraction of sp³-hybridized carbons (Fsp3) is 0. The third-order valence-electron chi connectivity index (χ3n) is 3.76. The summed E-state index contributed by atoms with van der Waals surface area (Å²) in [6, 6.07) is 31.0. The van der Waals surface area contributed by atoms with Gasteiger partial charge in [0.05, 0.1) is 0 Å². The lowest BCUT2D eigenvalue weighted by atomic mass is 9.96. The molecule has 0 unspecified atom stereocenters. The summed E-state index contributed by atoms with van der Waals surface area (Å²) < 4.78 is 0. The average molecular weight is 253 g/mol. The van der Waals surface area contributed by atoms with Crippen LogP contribution in [0.1, 0.15) is 0 Å². The van der Waals surface area contributed by atoms with E-state index in [4.69, 9.17) is 0 Å². The molecule has 0 aromatic heterocycles. The van der Waals surface area contributed by atoms with Crippen molar-refractivity contribution in [3.8, 4) is 11.1 Å². The van der Waals surface area contributed by atoms with Gasteiger partial charge in [-0.25, -0.2) is 0 Å². The lowest BCUT2D eigenvalue weighted by molar-refractivity contribution is 1.67. The molecule has 0 saturated carbocycles. The van der Waals surface area contributed by atoms with Gasteiger partial charge in [0.25, 0.3) is 0 Å². The second-order valence-electron chi connectivity index (χ2n) is 5.00. The van der Waals surface area contributed by atoms with Gasteiger partial charge in [0.2, 0.25) is 0 Å². The topological polar surface area (TPSA) is 0 Å². The average Bonchev–Trinajstić information content (AvgIpc) is 2.54. The number of benzene rings is 4. The van der Waals surface area contributed by atoms with Crippen LogP contribution in [-0.2, 0) is 0 Å². The first kappa shape index (κ1) is 11.2. The Bertz CT molecular complexity index is 898. The molecule has 0 amide bonds. The second kappa shape index (κ2) is 4.50. The first-order valence-electron chi connectivity index (χ1n) is 6.80. The number of hydrogen-bond acceptors (Lipinski definition) is 0. The number of fused-ring (bicyclic) bond motifs is 2. The molecule has 0 atom stereocenters. The molecule has 0 heterocycles. The highest BCUT2D eigenvalue weighted by Gasteiger charge is 2.04. The number of hydrogen-bond donors (Lipinski definition) is 0. The fourth-order valence-electron chi connectivity index (χ4n) is 2.75. The van der Waals surface area contributed by atoms with Crippen molar-refractivity contribution >= 4 is 21.5 Å². The van der Waals surface area contributed by atoms with Crippen LogP contribution in [0.25, 0.3) is 32.7 Å². The third-order valence-corrected chi connectivity index (χ3v) is 3.76. The normalized spacial score (nSPS) is 11.0. The van der Waals surface area contributed by atoms with Crippen LogP contribution >= 0.6 is 0 Å². The molecule has 0 bridgehead atoms. The summed E-state index contributed by atoms with van der Waals surface area (Å²) in [5.41, 5.74) is 2.40. The summed E-state index contributed by atoms with van der Waals surface area (Å²) in [6.45, 7) is 0. The minimum atomic E-state index is 1.17. The monoisotopic (exact) mass is 253 g/mol. The predicted molar refractivity (Wildman–Crippen MR) is 85.7 cm³/mol. The molecule has 4 rings (SSSR count). The van der Waals surface area contributed by atoms with Crippen LogP contribution in [0.15, 0.2) is 78.9 Å². The third kappa shape index (κ3) is 1.78. The van der Waals surface area contributed by atoms with E-state index in [1.54, 1.807) is 0 Å². The van der Waals surface area contributed by atoms with Crippen LogP contribution < -0.4 is 0 Å². The molecule has 0 aliphatic carbocycles. The molecule has 0 heteroatoms. The van der Waals surface area contributed by atoms with E-state index < -0.39 is 0 Å². The van der Waals surface area contributed by atoms with Crippen molar-refractivity contribution in [1.82, 2.24) is 0 Å². The SMILES string of the molecule is [c]1ccc2ccccc2c1-c1ccc2ccccc2c1. The maximum atomic E-state index is 3.39. The van der Waals surface area contributed by atoms with Crippen molar-refractivity contribution in [3.05, 3.63) is 84.9 Å². The lowest BCUT2D eigenvalue weighted by Crippen LogP contribution is -1.82. The molecule has 4 aromatic rings. The van der Waals surface area contributed by atoms with E-state index in [9.17, 15) is 0 Å². The van der Waals surface area contributed by atoms with Gasteiger partial charge in [-0.2, -0.15) is 0 Å². The van der Waals surface area contributed by atoms with E-state index in [0.29, 0.717) is 0 Å². The first-order chi connectivity index (χ1) is 9.92. The van der Waals surface area contributed by atoms with Crippen LogP contribution in [0.4, 0.5) is 0 Å². The van der Waals surface area contributed by atoms with Crippen LogP contribution in [0.5, 0.6) is 0 Å². The highest BCUT2D eigenvalue weighted by molar-refractivity contribution is 5.98. The molecule has 1 radical (unpaired) electrons. The molecule has 0 nitrogen and oxygen atoms in total. The zero-order valence-corrected chi connectivity index (χ0v) is 11.0. The Kier molecular flexibility index (Phi) is 2.53. The Morgan fingerprint density at radius 2 is 1.35 bits per heavy atom. The Labute approximate surface area is 118 Å². The van der Waals surface area contributed by atoms with E-state index in [1.165, 1.54) is 32.7 Å². The number of rotatable bonds is 1. The molecular formula is C20H13. The van der Waals surface area contributed by atoms with Gasteiger partial charge in [-0.1, -0.05) is 72.8 Å². The van der Waals surface area contributed by atoms with Gasteiger partial charge in [0, 0.05) is 0 Å².